The Morgan fingerprint density at radius 3 is 2.92 bits per heavy atom. The molecule has 0 aliphatic heterocycles. The fourth-order valence-electron chi connectivity index (χ4n) is 0.735. The lowest BCUT2D eigenvalue weighted by Crippen LogP contribution is -2.29. The number of hydrogen-bond donors (Lipinski definition) is 1. The van der Waals surface area contributed by atoms with E-state index in [-0.39, 0.29) is 0 Å². The second-order valence-corrected chi connectivity index (χ2v) is 3.82. The van der Waals surface area contributed by atoms with E-state index in [1.165, 1.54) is 6.20 Å². The maximum atomic E-state index is 11.1. The van der Waals surface area contributed by atoms with Crippen molar-refractivity contribution in [3.8, 4) is 0 Å². The van der Waals surface area contributed by atoms with E-state index in [2.05, 4.69) is 0 Å². The van der Waals surface area contributed by atoms with E-state index in [4.69, 9.17) is 5.11 Å². The normalized spacial score (nSPS) is 12.4. The Morgan fingerprint density at radius 2 is 2.38 bits per heavy atom. The minimum Gasteiger partial charge on any atom is -0.618 e. The summed E-state index contributed by atoms with van der Waals surface area (Å²) in [4.78, 5) is 10.5. The van der Waals surface area contributed by atoms with Gasteiger partial charge in [-0.15, -0.1) is 0 Å². The lowest BCUT2D eigenvalue weighted by Gasteiger charge is -2.05. The number of aliphatic carboxylic acids is 1. The first-order chi connectivity index (χ1) is 6.11. The van der Waals surface area contributed by atoms with Gasteiger partial charge in [-0.25, -0.2) is 0 Å². The van der Waals surface area contributed by atoms with Gasteiger partial charge >= 0.3 is 5.97 Å². The van der Waals surface area contributed by atoms with Gasteiger partial charge in [-0.05, 0) is 24.8 Å². The van der Waals surface area contributed by atoms with Gasteiger partial charge < -0.3 is 10.3 Å². The highest BCUT2D eigenvalue weighted by atomic mass is 32.2. The minimum atomic E-state index is -0.922. The van der Waals surface area contributed by atoms with Gasteiger partial charge in [-0.3, -0.25) is 4.79 Å². The van der Waals surface area contributed by atoms with Crippen LogP contribution in [-0.2, 0) is 4.79 Å². The number of carbonyl (C=O) groups is 1. The van der Waals surface area contributed by atoms with E-state index in [0.29, 0.717) is 9.76 Å². The molecule has 1 atom stereocenters. The Morgan fingerprint density at radius 1 is 1.69 bits per heavy atom. The second kappa shape index (κ2) is 4.13. The third-order valence-electron chi connectivity index (χ3n) is 1.43. The maximum absolute atomic E-state index is 11.1. The van der Waals surface area contributed by atoms with Gasteiger partial charge in [0.05, 0.1) is 0 Å². The van der Waals surface area contributed by atoms with E-state index in [9.17, 15) is 10.0 Å². The van der Waals surface area contributed by atoms with Crippen LogP contribution in [0.2, 0.25) is 0 Å². The molecule has 0 amide bonds. The van der Waals surface area contributed by atoms with Crippen molar-refractivity contribution in [1.29, 1.82) is 0 Å². The molecule has 0 saturated heterocycles. The molecule has 4 nitrogen and oxygen atoms in total. The number of thioether (sulfide) groups is 1. The van der Waals surface area contributed by atoms with Crippen molar-refractivity contribution in [1.82, 2.24) is 0 Å². The average molecular weight is 199 g/mol. The Balaban J connectivity index is 2.74. The van der Waals surface area contributed by atoms with E-state index in [1.807, 2.05) is 0 Å². The third-order valence-corrected chi connectivity index (χ3v) is 2.55. The van der Waals surface area contributed by atoms with Crippen LogP contribution in [0.25, 0.3) is 0 Å². The van der Waals surface area contributed by atoms with Crippen molar-refractivity contribution in [2.45, 2.75) is 17.2 Å². The van der Waals surface area contributed by atoms with Crippen LogP contribution in [0.3, 0.4) is 0 Å². The van der Waals surface area contributed by atoms with Crippen molar-refractivity contribution >= 4 is 17.7 Å². The van der Waals surface area contributed by atoms with Crippen LogP contribution in [0.15, 0.2) is 29.4 Å². The Hall–Kier alpha value is -1.23. The van der Waals surface area contributed by atoms with E-state index < -0.39 is 11.2 Å². The minimum absolute atomic E-state index is 0.400. The van der Waals surface area contributed by atoms with Gasteiger partial charge in [-0.1, -0.05) is 0 Å². The molecular weight excluding hydrogens is 190 g/mol. The van der Waals surface area contributed by atoms with Gasteiger partial charge in [0.1, 0.15) is 5.25 Å². The molecule has 0 aliphatic rings. The average Bonchev–Trinajstić information content (AvgIpc) is 2.08. The van der Waals surface area contributed by atoms with Crippen molar-refractivity contribution in [3.63, 3.8) is 0 Å². The van der Waals surface area contributed by atoms with Crippen molar-refractivity contribution < 1.29 is 14.6 Å². The fourth-order valence-corrected chi connectivity index (χ4v) is 1.52. The zero-order valence-electron chi connectivity index (χ0n) is 7.01. The van der Waals surface area contributed by atoms with E-state index >= 15 is 0 Å². The van der Waals surface area contributed by atoms with Gasteiger partial charge in [0.15, 0.2) is 6.20 Å². The molecule has 1 rings (SSSR count). The van der Waals surface area contributed by atoms with Crippen molar-refractivity contribution in [3.05, 3.63) is 29.6 Å². The summed E-state index contributed by atoms with van der Waals surface area (Å²) in [6, 6.07) is 4.89. The highest BCUT2D eigenvalue weighted by Gasteiger charge is 2.16. The lowest BCUT2D eigenvalue weighted by molar-refractivity contribution is -0.645. The standard InChI is InChI=1S/C8H9NO3S/c1-6(8(10)11)13-7-4-2-3-5-9(7)12/h2-6H,1H3,(H,10,11). The molecule has 0 saturated carbocycles. The predicted octanol–water partition coefficient (Wildman–Crippen LogP) is 0.885. The summed E-state index contributed by atoms with van der Waals surface area (Å²) in [5, 5.41) is 19.5. The molecule has 0 aliphatic carbocycles. The molecule has 1 aromatic rings. The summed E-state index contributed by atoms with van der Waals surface area (Å²) < 4.78 is 0.657. The van der Waals surface area contributed by atoms with Crippen LogP contribution in [0, 0.1) is 5.21 Å². The number of carboxylic acid groups (broad SMARTS) is 1. The van der Waals surface area contributed by atoms with Gasteiger partial charge in [0, 0.05) is 12.1 Å². The third kappa shape index (κ3) is 2.62. The molecule has 0 bridgehead atoms. The maximum Gasteiger partial charge on any atom is 0.316 e. The Kier molecular flexibility index (Phi) is 3.13. The molecule has 1 heterocycles. The topological polar surface area (TPSA) is 64.2 Å². The molecule has 70 valence electrons. The Bertz CT molecular complexity index is 316. The van der Waals surface area contributed by atoms with Crippen LogP contribution < -0.4 is 4.73 Å². The van der Waals surface area contributed by atoms with Crippen molar-refractivity contribution in [2.24, 2.45) is 0 Å². The second-order valence-electron chi connectivity index (χ2n) is 2.46. The molecule has 1 unspecified atom stereocenters. The number of aromatic nitrogens is 1. The fraction of sp³-hybridized carbons (Fsp3) is 0.250. The SMILES string of the molecule is CC(Sc1cccc[n+]1[O-])C(=O)O. The van der Waals surface area contributed by atoms with Crippen LogP contribution in [0.1, 0.15) is 6.92 Å². The lowest BCUT2D eigenvalue weighted by atomic mass is 10.5. The molecule has 0 fully saturated rings. The molecule has 1 aromatic heterocycles. The molecule has 0 aromatic carbocycles. The van der Waals surface area contributed by atoms with Crippen LogP contribution in [0.5, 0.6) is 0 Å². The first kappa shape index (κ1) is 9.85. The zero-order chi connectivity index (χ0) is 9.84. The molecule has 0 spiro atoms. The predicted molar refractivity (Wildman–Crippen MR) is 48.4 cm³/mol. The largest absolute Gasteiger partial charge is 0.618 e. The van der Waals surface area contributed by atoms with Crippen LogP contribution in [0.4, 0.5) is 0 Å². The number of pyridine rings is 1. The summed E-state index contributed by atoms with van der Waals surface area (Å²) in [5.41, 5.74) is 0. The highest BCUT2D eigenvalue weighted by Crippen LogP contribution is 2.18. The van der Waals surface area contributed by atoms with Crippen molar-refractivity contribution in [2.75, 3.05) is 0 Å². The monoisotopic (exact) mass is 199 g/mol. The Labute approximate surface area is 79.8 Å². The van der Waals surface area contributed by atoms with E-state index in [1.54, 1.807) is 25.1 Å². The summed E-state index contributed by atoms with van der Waals surface area (Å²) in [7, 11) is 0. The van der Waals surface area contributed by atoms with Gasteiger partial charge in [0.2, 0.25) is 0 Å². The number of rotatable bonds is 3. The van der Waals surface area contributed by atoms with Gasteiger partial charge in [0.25, 0.3) is 5.03 Å². The first-order valence-electron chi connectivity index (χ1n) is 3.69. The smallest absolute Gasteiger partial charge is 0.316 e. The molecule has 5 heteroatoms. The summed E-state index contributed by atoms with van der Waals surface area (Å²) in [5.74, 6) is -0.922. The number of nitrogens with zero attached hydrogens (tertiary/aromatic N) is 1. The molecule has 0 radical (unpaired) electrons. The van der Waals surface area contributed by atoms with Crippen LogP contribution in [-0.4, -0.2) is 16.3 Å². The molecule has 1 N–H and O–H groups in total. The van der Waals surface area contributed by atoms with E-state index in [0.717, 1.165) is 11.8 Å². The first-order valence-corrected chi connectivity index (χ1v) is 4.57. The summed E-state index contributed by atoms with van der Waals surface area (Å²) in [6.45, 7) is 1.54. The molecule has 13 heavy (non-hydrogen) atoms. The number of hydrogen-bond acceptors (Lipinski definition) is 3. The summed E-state index contributed by atoms with van der Waals surface area (Å²) in [6.07, 6.45) is 1.34. The summed E-state index contributed by atoms with van der Waals surface area (Å²) >= 11 is 1.03. The van der Waals surface area contributed by atoms with Gasteiger partial charge in [-0.2, -0.15) is 4.73 Å². The molecular formula is C8H9NO3S. The zero-order valence-corrected chi connectivity index (χ0v) is 7.82. The quantitative estimate of drug-likeness (QED) is 0.446. The highest BCUT2D eigenvalue weighted by molar-refractivity contribution is 8.00. The number of carboxylic acids is 1. The van der Waals surface area contributed by atoms with Crippen LogP contribution >= 0.6 is 11.8 Å².